The number of ether oxygens (including phenoxy) is 1. The van der Waals surface area contributed by atoms with Gasteiger partial charge in [-0.3, -0.25) is 4.90 Å². The number of halogens is 4. The second kappa shape index (κ2) is 7.80. The fourth-order valence-electron chi connectivity index (χ4n) is 3.31. The summed E-state index contributed by atoms with van der Waals surface area (Å²) in [5.41, 5.74) is -0.0232. The van der Waals surface area contributed by atoms with Crippen molar-refractivity contribution in [1.82, 2.24) is 0 Å². The number of unbranched alkanes of at least 4 members (excludes halogenated alkanes) is 1. The standard InChI is InChI=1S/C20H19ClF3NO2/c1-2-3-11-17-18(15-9-4-5-10-16(15)21)25(19(26)27-17)14-8-6-7-13(12-14)20(22,23)24/h4-10,12,17-18H,2-3,11H2,1H3. The maximum atomic E-state index is 13.1. The Balaban J connectivity index is 2.06. The predicted octanol–water partition coefficient (Wildman–Crippen LogP) is 6.62. The molecule has 0 aliphatic carbocycles. The van der Waals surface area contributed by atoms with Gasteiger partial charge in [-0.2, -0.15) is 13.2 Å². The topological polar surface area (TPSA) is 29.5 Å². The van der Waals surface area contributed by atoms with Gasteiger partial charge in [0, 0.05) is 10.7 Å². The number of amides is 1. The fourth-order valence-corrected chi connectivity index (χ4v) is 3.55. The van der Waals surface area contributed by atoms with Gasteiger partial charge in [0.2, 0.25) is 0 Å². The summed E-state index contributed by atoms with van der Waals surface area (Å²) in [5.74, 6) is 0. The molecule has 0 saturated carbocycles. The third-order valence-electron chi connectivity index (χ3n) is 4.60. The Morgan fingerprint density at radius 2 is 1.89 bits per heavy atom. The van der Waals surface area contributed by atoms with E-state index in [1.807, 2.05) is 6.92 Å². The van der Waals surface area contributed by atoms with E-state index in [1.54, 1.807) is 24.3 Å². The molecular formula is C20H19ClF3NO2. The Kier molecular flexibility index (Phi) is 5.65. The van der Waals surface area contributed by atoms with Crippen molar-refractivity contribution in [1.29, 1.82) is 0 Å². The summed E-state index contributed by atoms with van der Waals surface area (Å²) in [6.07, 6.45) is -3.30. The minimum absolute atomic E-state index is 0.138. The largest absolute Gasteiger partial charge is 0.443 e. The molecule has 0 spiro atoms. The van der Waals surface area contributed by atoms with Gasteiger partial charge in [-0.1, -0.05) is 49.2 Å². The number of nitrogens with zero attached hydrogens (tertiary/aromatic N) is 1. The Hall–Kier alpha value is -2.21. The van der Waals surface area contributed by atoms with Gasteiger partial charge in [0.15, 0.2) is 0 Å². The monoisotopic (exact) mass is 397 g/mol. The van der Waals surface area contributed by atoms with Crippen LogP contribution in [0, 0.1) is 0 Å². The summed E-state index contributed by atoms with van der Waals surface area (Å²) in [7, 11) is 0. The van der Waals surface area contributed by atoms with E-state index in [9.17, 15) is 18.0 Å². The van der Waals surface area contributed by atoms with E-state index in [0.29, 0.717) is 17.0 Å². The minimum atomic E-state index is -4.50. The van der Waals surface area contributed by atoms with E-state index in [0.717, 1.165) is 25.0 Å². The van der Waals surface area contributed by atoms with E-state index in [2.05, 4.69) is 0 Å². The van der Waals surface area contributed by atoms with Crippen LogP contribution < -0.4 is 4.90 Å². The smallest absolute Gasteiger partial charge is 0.416 e. The van der Waals surface area contributed by atoms with Crippen molar-refractivity contribution in [2.45, 2.75) is 44.5 Å². The molecule has 3 nitrogen and oxygen atoms in total. The zero-order chi connectivity index (χ0) is 19.6. The van der Waals surface area contributed by atoms with Crippen molar-refractivity contribution in [2.75, 3.05) is 4.90 Å². The number of hydrogen-bond donors (Lipinski definition) is 0. The molecule has 3 rings (SSSR count). The molecule has 2 unspecified atom stereocenters. The molecule has 2 aromatic rings. The molecule has 144 valence electrons. The van der Waals surface area contributed by atoms with E-state index in [1.165, 1.54) is 17.0 Å². The first kappa shape index (κ1) is 19.5. The molecule has 0 N–H and O–H groups in total. The van der Waals surface area contributed by atoms with Gasteiger partial charge in [-0.05, 0) is 42.7 Å². The number of rotatable bonds is 5. The SMILES string of the molecule is CCCCC1OC(=O)N(c2cccc(C(F)(F)F)c2)C1c1ccccc1Cl. The molecule has 2 aromatic carbocycles. The van der Waals surface area contributed by atoms with Gasteiger partial charge in [-0.25, -0.2) is 4.79 Å². The van der Waals surface area contributed by atoms with E-state index in [4.69, 9.17) is 16.3 Å². The first-order chi connectivity index (χ1) is 12.8. The summed E-state index contributed by atoms with van der Waals surface area (Å²) in [6.45, 7) is 2.02. The Morgan fingerprint density at radius 1 is 1.15 bits per heavy atom. The summed E-state index contributed by atoms with van der Waals surface area (Å²) in [6, 6.07) is 11.1. The van der Waals surface area contributed by atoms with Crippen LogP contribution in [0.25, 0.3) is 0 Å². The highest BCUT2D eigenvalue weighted by molar-refractivity contribution is 6.31. The molecule has 7 heteroatoms. The van der Waals surface area contributed by atoms with Crippen molar-refractivity contribution in [3.8, 4) is 0 Å². The van der Waals surface area contributed by atoms with Crippen molar-refractivity contribution >= 4 is 23.4 Å². The number of alkyl halides is 3. The minimum Gasteiger partial charge on any atom is -0.443 e. The van der Waals surface area contributed by atoms with Crippen LogP contribution >= 0.6 is 11.6 Å². The summed E-state index contributed by atoms with van der Waals surface area (Å²) in [4.78, 5) is 13.9. The summed E-state index contributed by atoms with van der Waals surface area (Å²) >= 11 is 6.33. The molecule has 1 amide bonds. The van der Waals surface area contributed by atoms with Gasteiger partial charge in [0.25, 0.3) is 0 Å². The maximum Gasteiger partial charge on any atom is 0.416 e. The lowest BCUT2D eigenvalue weighted by Gasteiger charge is -2.26. The molecule has 1 saturated heterocycles. The van der Waals surface area contributed by atoms with E-state index >= 15 is 0 Å². The predicted molar refractivity (Wildman–Crippen MR) is 97.9 cm³/mol. The van der Waals surface area contributed by atoms with Crippen molar-refractivity contribution in [3.63, 3.8) is 0 Å². The van der Waals surface area contributed by atoms with Crippen LogP contribution in [0.3, 0.4) is 0 Å². The molecule has 0 radical (unpaired) electrons. The number of hydrogen-bond acceptors (Lipinski definition) is 2. The second-order valence-electron chi connectivity index (χ2n) is 6.45. The number of anilines is 1. The lowest BCUT2D eigenvalue weighted by molar-refractivity contribution is -0.137. The average Bonchev–Trinajstić information content (AvgIpc) is 2.95. The number of carbonyl (C=O) groups is 1. The average molecular weight is 398 g/mol. The van der Waals surface area contributed by atoms with E-state index < -0.39 is 30.0 Å². The first-order valence-electron chi connectivity index (χ1n) is 8.74. The summed E-state index contributed by atoms with van der Waals surface area (Å²) < 4.78 is 44.9. The molecule has 1 aliphatic rings. The Morgan fingerprint density at radius 3 is 2.56 bits per heavy atom. The molecule has 1 aliphatic heterocycles. The fraction of sp³-hybridized carbons (Fsp3) is 0.350. The maximum absolute atomic E-state index is 13.1. The normalized spacial score (nSPS) is 20.0. The molecule has 1 heterocycles. The molecule has 0 bridgehead atoms. The van der Waals surface area contributed by atoms with Gasteiger partial charge in [0.1, 0.15) is 12.1 Å². The molecular weight excluding hydrogens is 379 g/mol. The summed E-state index contributed by atoms with van der Waals surface area (Å²) in [5, 5.41) is 0.444. The number of carbonyl (C=O) groups excluding carboxylic acids is 1. The zero-order valence-corrected chi connectivity index (χ0v) is 15.4. The number of benzene rings is 2. The third-order valence-corrected chi connectivity index (χ3v) is 4.94. The highest BCUT2D eigenvalue weighted by atomic mass is 35.5. The van der Waals surface area contributed by atoms with Crippen molar-refractivity contribution in [3.05, 3.63) is 64.7 Å². The molecule has 2 atom stereocenters. The molecule has 27 heavy (non-hydrogen) atoms. The van der Waals surface area contributed by atoms with Gasteiger partial charge < -0.3 is 4.74 Å². The van der Waals surface area contributed by atoms with Crippen LogP contribution in [0.5, 0.6) is 0 Å². The Labute approximate surface area is 160 Å². The lowest BCUT2D eigenvalue weighted by Crippen LogP contribution is -2.30. The molecule has 0 aromatic heterocycles. The van der Waals surface area contributed by atoms with Gasteiger partial charge in [0.05, 0.1) is 5.56 Å². The van der Waals surface area contributed by atoms with Crippen LogP contribution in [0.4, 0.5) is 23.7 Å². The highest BCUT2D eigenvalue weighted by Gasteiger charge is 2.44. The van der Waals surface area contributed by atoms with Crippen LogP contribution in [-0.4, -0.2) is 12.2 Å². The van der Waals surface area contributed by atoms with E-state index in [-0.39, 0.29) is 5.69 Å². The highest BCUT2D eigenvalue weighted by Crippen LogP contribution is 2.42. The van der Waals surface area contributed by atoms with Crippen LogP contribution in [0.1, 0.15) is 43.4 Å². The van der Waals surface area contributed by atoms with Crippen molar-refractivity contribution in [2.24, 2.45) is 0 Å². The van der Waals surface area contributed by atoms with Gasteiger partial charge >= 0.3 is 12.3 Å². The Bertz CT molecular complexity index is 825. The first-order valence-corrected chi connectivity index (χ1v) is 9.12. The third kappa shape index (κ3) is 4.05. The van der Waals surface area contributed by atoms with Crippen LogP contribution in [0.15, 0.2) is 48.5 Å². The lowest BCUT2D eigenvalue weighted by atomic mass is 9.96. The zero-order valence-electron chi connectivity index (χ0n) is 14.7. The second-order valence-corrected chi connectivity index (χ2v) is 6.86. The van der Waals surface area contributed by atoms with Crippen molar-refractivity contribution < 1.29 is 22.7 Å². The quantitative estimate of drug-likeness (QED) is 0.567. The number of cyclic esters (lactones) is 1. The van der Waals surface area contributed by atoms with Crippen LogP contribution in [0.2, 0.25) is 5.02 Å². The van der Waals surface area contributed by atoms with Gasteiger partial charge in [-0.15, -0.1) is 0 Å². The molecule has 1 fully saturated rings. The van der Waals surface area contributed by atoms with Crippen LogP contribution in [-0.2, 0) is 10.9 Å².